The van der Waals surface area contributed by atoms with E-state index in [9.17, 15) is 4.79 Å². The molecule has 98 valence electrons. The number of pyridine rings is 2. The van der Waals surface area contributed by atoms with E-state index in [2.05, 4.69) is 9.97 Å². The summed E-state index contributed by atoms with van der Waals surface area (Å²) in [5.41, 5.74) is 1.33. The van der Waals surface area contributed by atoms with Crippen molar-refractivity contribution in [1.82, 2.24) is 14.9 Å². The number of aromatic nitrogens is 2. The van der Waals surface area contributed by atoms with Gasteiger partial charge in [0.2, 0.25) is 0 Å². The zero-order chi connectivity index (χ0) is 13.8. The number of amides is 1. The Labute approximate surface area is 121 Å². The van der Waals surface area contributed by atoms with E-state index in [0.29, 0.717) is 12.1 Å². The molecule has 6 heteroatoms. The molecule has 0 fully saturated rings. The van der Waals surface area contributed by atoms with Crippen molar-refractivity contribution in [2.75, 3.05) is 7.05 Å². The summed E-state index contributed by atoms with van der Waals surface area (Å²) >= 11 is 11.7. The molecule has 0 N–H and O–H groups in total. The van der Waals surface area contributed by atoms with E-state index >= 15 is 0 Å². The van der Waals surface area contributed by atoms with E-state index in [-0.39, 0.29) is 16.1 Å². The maximum atomic E-state index is 12.3. The van der Waals surface area contributed by atoms with Crippen LogP contribution in [0.2, 0.25) is 10.2 Å². The number of nitrogens with zero attached hydrogens (tertiary/aromatic N) is 3. The first-order valence-corrected chi connectivity index (χ1v) is 6.29. The van der Waals surface area contributed by atoms with E-state index in [1.54, 1.807) is 24.3 Å². The number of carbonyl (C=O) groups is 1. The van der Waals surface area contributed by atoms with Gasteiger partial charge in [0.05, 0.1) is 10.6 Å². The molecule has 0 bridgehead atoms. The standard InChI is InChI=1S/C13H11Cl2N3O/c1-18(8-9-2-4-16-5-3-9)13(19)10-6-12(15)17-7-11(10)14/h2-7H,8H2,1H3. The minimum absolute atomic E-state index is 0.203. The molecular formula is C13H11Cl2N3O. The minimum atomic E-state index is -0.203. The van der Waals surface area contributed by atoms with Crippen LogP contribution in [0.3, 0.4) is 0 Å². The summed E-state index contributed by atoms with van der Waals surface area (Å²) in [5, 5.41) is 0.529. The van der Waals surface area contributed by atoms with Gasteiger partial charge in [-0.15, -0.1) is 0 Å². The van der Waals surface area contributed by atoms with Gasteiger partial charge in [-0.3, -0.25) is 9.78 Å². The van der Waals surface area contributed by atoms with Crippen LogP contribution in [-0.2, 0) is 6.54 Å². The highest BCUT2D eigenvalue weighted by Crippen LogP contribution is 2.20. The highest BCUT2D eigenvalue weighted by Gasteiger charge is 2.16. The predicted octanol–water partition coefficient (Wildman–Crippen LogP) is 3.06. The van der Waals surface area contributed by atoms with Crippen LogP contribution >= 0.6 is 23.2 Å². The van der Waals surface area contributed by atoms with E-state index in [1.807, 2.05) is 12.1 Å². The first-order valence-electron chi connectivity index (χ1n) is 5.53. The summed E-state index contributed by atoms with van der Waals surface area (Å²) in [7, 11) is 1.70. The molecule has 0 unspecified atom stereocenters. The molecule has 0 radical (unpaired) electrons. The SMILES string of the molecule is CN(Cc1ccncc1)C(=O)c1cc(Cl)ncc1Cl. The molecule has 4 nitrogen and oxygen atoms in total. The van der Waals surface area contributed by atoms with Crippen LogP contribution in [0.15, 0.2) is 36.8 Å². The largest absolute Gasteiger partial charge is 0.337 e. The van der Waals surface area contributed by atoms with Crippen molar-refractivity contribution in [3.8, 4) is 0 Å². The molecule has 2 aromatic heterocycles. The summed E-state index contributed by atoms with van der Waals surface area (Å²) in [6.07, 6.45) is 4.74. The topological polar surface area (TPSA) is 46.1 Å². The maximum Gasteiger partial charge on any atom is 0.255 e. The lowest BCUT2D eigenvalue weighted by Crippen LogP contribution is -2.26. The van der Waals surface area contributed by atoms with Crippen LogP contribution in [0.4, 0.5) is 0 Å². The lowest BCUT2D eigenvalue weighted by atomic mass is 10.2. The molecule has 0 aromatic carbocycles. The van der Waals surface area contributed by atoms with Gasteiger partial charge in [-0.1, -0.05) is 23.2 Å². The molecule has 1 amide bonds. The highest BCUT2D eigenvalue weighted by molar-refractivity contribution is 6.35. The number of hydrogen-bond acceptors (Lipinski definition) is 3. The molecule has 0 atom stereocenters. The van der Waals surface area contributed by atoms with Gasteiger partial charge in [0, 0.05) is 32.2 Å². The fourth-order valence-corrected chi connectivity index (χ4v) is 1.96. The quantitative estimate of drug-likeness (QED) is 0.818. The summed E-state index contributed by atoms with van der Waals surface area (Å²) in [5.74, 6) is -0.203. The van der Waals surface area contributed by atoms with Crippen molar-refractivity contribution in [2.45, 2.75) is 6.54 Å². The van der Waals surface area contributed by atoms with Crippen molar-refractivity contribution >= 4 is 29.1 Å². The van der Waals surface area contributed by atoms with Gasteiger partial charge in [-0.05, 0) is 23.8 Å². The highest BCUT2D eigenvalue weighted by atomic mass is 35.5. The van der Waals surface area contributed by atoms with E-state index in [0.717, 1.165) is 5.56 Å². The second-order valence-corrected chi connectivity index (χ2v) is 4.80. The van der Waals surface area contributed by atoms with Crippen molar-refractivity contribution in [2.24, 2.45) is 0 Å². The van der Waals surface area contributed by atoms with Gasteiger partial charge in [0.25, 0.3) is 5.91 Å². The number of rotatable bonds is 3. The van der Waals surface area contributed by atoms with E-state index in [1.165, 1.54) is 12.3 Å². The lowest BCUT2D eigenvalue weighted by molar-refractivity contribution is 0.0785. The lowest BCUT2D eigenvalue weighted by Gasteiger charge is -2.17. The van der Waals surface area contributed by atoms with Crippen molar-refractivity contribution in [1.29, 1.82) is 0 Å². The molecule has 0 saturated carbocycles. The van der Waals surface area contributed by atoms with E-state index < -0.39 is 0 Å². The van der Waals surface area contributed by atoms with Crippen LogP contribution in [-0.4, -0.2) is 27.8 Å². The molecule has 19 heavy (non-hydrogen) atoms. The fourth-order valence-electron chi connectivity index (χ4n) is 1.62. The molecule has 0 aliphatic rings. The minimum Gasteiger partial charge on any atom is -0.337 e. The van der Waals surface area contributed by atoms with Crippen LogP contribution in [0.5, 0.6) is 0 Å². The third-order valence-electron chi connectivity index (χ3n) is 2.57. The number of halogens is 2. The zero-order valence-electron chi connectivity index (χ0n) is 10.2. The Hall–Kier alpha value is -1.65. The zero-order valence-corrected chi connectivity index (χ0v) is 11.7. The second kappa shape index (κ2) is 5.99. The molecular weight excluding hydrogens is 285 g/mol. The molecule has 0 aliphatic carbocycles. The normalized spacial score (nSPS) is 10.3. The Kier molecular flexibility index (Phi) is 4.35. The Morgan fingerprint density at radius 2 is 2.00 bits per heavy atom. The summed E-state index contributed by atoms with van der Waals surface area (Å²) < 4.78 is 0. The van der Waals surface area contributed by atoms with Gasteiger partial charge in [0.1, 0.15) is 5.15 Å². The molecule has 2 aromatic rings. The average Bonchev–Trinajstić information content (AvgIpc) is 2.42. The molecule has 0 saturated heterocycles. The second-order valence-electron chi connectivity index (χ2n) is 4.00. The van der Waals surface area contributed by atoms with Gasteiger partial charge in [-0.2, -0.15) is 0 Å². The van der Waals surface area contributed by atoms with Gasteiger partial charge < -0.3 is 4.90 Å². The maximum absolute atomic E-state index is 12.3. The molecule has 0 aliphatic heterocycles. The van der Waals surface area contributed by atoms with Gasteiger partial charge in [-0.25, -0.2) is 4.98 Å². The Morgan fingerprint density at radius 1 is 1.32 bits per heavy atom. The molecule has 2 heterocycles. The van der Waals surface area contributed by atoms with Crippen molar-refractivity contribution in [3.63, 3.8) is 0 Å². The Bertz CT molecular complexity index is 590. The third kappa shape index (κ3) is 3.43. The summed E-state index contributed by atoms with van der Waals surface area (Å²) in [6.45, 7) is 0.470. The van der Waals surface area contributed by atoms with Crippen LogP contribution in [0.25, 0.3) is 0 Å². The van der Waals surface area contributed by atoms with Crippen LogP contribution < -0.4 is 0 Å². The van der Waals surface area contributed by atoms with Crippen LogP contribution in [0.1, 0.15) is 15.9 Å². The van der Waals surface area contributed by atoms with Gasteiger partial charge in [0.15, 0.2) is 0 Å². The van der Waals surface area contributed by atoms with E-state index in [4.69, 9.17) is 23.2 Å². The Balaban J connectivity index is 2.17. The Morgan fingerprint density at radius 3 is 2.68 bits per heavy atom. The molecule has 2 rings (SSSR count). The number of carbonyl (C=O) groups excluding carboxylic acids is 1. The summed E-state index contributed by atoms with van der Waals surface area (Å²) in [6, 6.07) is 5.17. The predicted molar refractivity (Wildman–Crippen MR) is 74.3 cm³/mol. The third-order valence-corrected chi connectivity index (χ3v) is 3.08. The first kappa shape index (κ1) is 13.8. The first-order chi connectivity index (χ1) is 9.08. The smallest absolute Gasteiger partial charge is 0.255 e. The fraction of sp³-hybridized carbons (Fsp3) is 0.154. The van der Waals surface area contributed by atoms with Gasteiger partial charge >= 0.3 is 0 Å². The average molecular weight is 296 g/mol. The molecule has 0 spiro atoms. The summed E-state index contributed by atoms with van der Waals surface area (Å²) in [4.78, 5) is 21.6. The van der Waals surface area contributed by atoms with Crippen LogP contribution in [0, 0.1) is 0 Å². The monoisotopic (exact) mass is 295 g/mol. The van der Waals surface area contributed by atoms with Crippen molar-refractivity contribution < 1.29 is 4.79 Å². The number of hydrogen-bond donors (Lipinski definition) is 0. The van der Waals surface area contributed by atoms with Crippen molar-refractivity contribution in [3.05, 3.63) is 58.1 Å².